The first-order valence-corrected chi connectivity index (χ1v) is 7.73. The zero-order valence-electron chi connectivity index (χ0n) is 14.6. The first-order valence-electron chi connectivity index (χ1n) is 7.73. The summed E-state index contributed by atoms with van der Waals surface area (Å²) in [4.78, 5) is 26.2. The van der Waals surface area contributed by atoms with Gasteiger partial charge in [-0.3, -0.25) is 14.8 Å². The number of rotatable bonds is 4. The number of carbonyl (C=O) groups excluding carboxylic acids is 2. The molecule has 0 unspecified atom stereocenters. The van der Waals surface area contributed by atoms with Crippen LogP contribution in [-0.2, 0) is 7.05 Å². The molecule has 7 nitrogen and oxygen atoms in total. The van der Waals surface area contributed by atoms with E-state index in [1.165, 1.54) is 0 Å². The van der Waals surface area contributed by atoms with Crippen molar-refractivity contribution in [3.8, 4) is 0 Å². The van der Waals surface area contributed by atoms with Gasteiger partial charge in [0, 0.05) is 43.7 Å². The highest BCUT2D eigenvalue weighted by Crippen LogP contribution is 2.18. The molecule has 1 heterocycles. The molecule has 0 saturated heterocycles. The van der Waals surface area contributed by atoms with Gasteiger partial charge in [-0.2, -0.15) is 5.10 Å². The summed E-state index contributed by atoms with van der Waals surface area (Å²) in [7, 11) is 3.53. The van der Waals surface area contributed by atoms with Crippen molar-refractivity contribution in [1.82, 2.24) is 14.7 Å². The fourth-order valence-corrected chi connectivity index (χ4v) is 2.12. The van der Waals surface area contributed by atoms with Gasteiger partial charge in [0.05, 0.1) is 0 Å². The minimum absolute atomic E-state index is 0.0729. The van der Waals surface area contributed by atoms with Crippen molar-refractivity contribution >= 4 is 23.4 Å². The molecule has 0 atom stereocenters. The summed E-state index contributed by atoms with van der Waals surface area (Å²) in [6.07, 6.45) is 1.74. The molecule has 2 N–H and O–H groups in total. The molecule has 1 aromatic carbocycles. The predicted molar refractivity (Wildman–Crippen MR) is 94.3 cm³/mol. The number of nitrogens with zero attached hydrogens (tertiary/aromatic N) is 3. The van der Waals surface area contributed by atoms with Crippen molar-refractivity contribution in [1.29, 1.82) is 0 Å². The summed E-state index contributed by atoms with van der Waals surface area (Å²) >= 11 is 0. The second kappa shape index (κ2) is 7.16. The molecule has 0 fully saturated rings. The van der Waals surface area contributed by atoms with Crippen molar-refractivity contribution < 1.29 is 9.59 Å². The third kappa shape index (κ3) is 4.13. The number of carbonyl (C=O) groups is 2. The van der Waals surface area contributed by atoms with Crippen molar-refractivity contribution in [2.24, 2.45) is 7.05 Å². The summed E-state index contributed by atoms with van der Waals surface area (Å²) in [5, 5.41) is 9.44. The first-order chi connectivity index (χ1) is 11.3. The van der Waals surface area contributed by atoms with Crippen LogP contribution in [0.3, 0.4) is 0 Å². The monoisotopic (exact) mass is 329 g/mol. The summed E-state index contributed by atoms with van der Waals surface area (Å²) in [6.45, 7) is 5.78. The Kier molecular flexibility index (Phi) is 5.23. The molecule has 0 saturated carbocycles. The van der Waals surface area contributed by atoms with E-state index in [1.54, 1.807) is 48.1 Å². The standard InChI is InChI=1S/C17H23N5O2/c1-11(2)22(5)16(23)14-10-13(7-6-12(14)3)18-17(24)19-15-8-9-21(4)20-15/h6-11H,1-5H3,(H2,18,19,20,24). The van der Waals surface area contributed by atoms with E-state index in [4.69, 9.17) is 0 Å². The molecule has 0 aliphatic rings. The number of aromatic nitrogens is 2. The lowest BCUT2D eigenvalue weighted by Gasteiger charge is -2.22. The van der Waals surface area contributed by atoms with Crippen LogP contribution in [0.1, 0.15) is 29.8 Å². The van der Waals surface area contributed by atoms with E-state index in [1.807, 2.05) is 26.8 Å². The summed E-state index contributed by atoms with van der Waals surface area (Å²) in [6, 6.07) is 6.65. The van der Waals surface area contributed by atoms with Gasteiger partial charge in [0.15, 0.2) is 5.82 Å². The highest BCUT2D eigenvalue weighted by Gasteiger charge is 2.17. The third-order valence-corrected chi connectivity index (χ3v) is 3.78. The average Bonchev–Trinajstić information content (AvgIpc) is 2.92. The van der Waals surface area contributed by atoms with Crippen LogP contribution in [0.25, 0.3) is 0 Å². The highest BCUT2D eigenvalue weighted by molar-refractivity contribution is 6.01. The number of benzene rings is 1. The lowest BCUT2D eigenvalue weighted by atomic mass is 10.1. The van der Waals surface area contributed by atoms with Crippen LogP contribution in [0.15, 0.2) is 30.5 Å². The average molecular weight is 329 g/mol. The lowest BCUT2D eigenvalue weighted by Crippen LogP contribution is -2.33. The summed E-state index contributed by atoms with van der Waals surface area (Å²) in [5.41, 5.74) is 1.99. The molecule has 0 bridgehead atoms. The SMILES string of the molecule is Cc1ccc(NC(=O)Nc2ccn(C)n2)cc1C(=O)N(C)C(C)C. The molecule has 1 aromatic heterocycles. The number of aryl methyl sites for hydroxylation is 2. The van der Waals surface area contributed by atoms with E-state index in [2.05, 4.69) is 15.7 Å². The number of hydrogen-bond donors (Lipinski definition) is 2. The zero-order chi connectivity index (χ0) is 17.9. The maximum absolute atomic E-state index is 12.5. The molecular formula is C17H23N5O2. The largest absolute Gasteiger partial charge is 0.339 e. The summed E-state index contributed by atoms with van der Waals surface area (Å²) in [5.74, 6) is 0.384. The van der Waals surface area contributed by atoms with E-state index in [9.17, 15) is 9.59 Å². The van der Waals surface area contributed by atoms with Gasteiger partial charge in [0.2, 0.25) is 0 Å². The maximum atomic E-state index is 12.5. The quantitative estimate of drug-likeness (QED) is 0.905. The van der Waals surface area contributed by atoms with Crippen LogP contribution in [0, 0.1) is 6.92 Å². The molecule has 0 radical (unpaired) electrons. The molecule has 128 valence electrons. The molecule has 24 heavy (non-hydrogen) atoms. The molecule has 2 rings (SSSR count). The van der Waals surface area contributed by atoms with Crippen molar-refractivity contribution in [2.75, 3.05) is 17.7 Å². The number of anilines is 2. The zero-order valence-corrected chi connectivity index (χ0v) is 14.6. The molecule has 0 aliphatic carbocycles. The number of amides is 3. The van der Waals surface area contributed by atoms with E-state index >= 15 is 0 Å². The van der Waals surface area contributed by atoms with E-state index in [-0.39, 0.29) is 11.9 Å². The van der Waals surface area contributed by atoms with Crippen LogP contribution in [0.4, 0.5) is 16.3 Å². The Morgan fingerprint density at radius 3 is 2.50 bits per heavy atom. The van der Waals surface area contributed by atoms with Gasteiger partial charge < -0.3 is 10.2 Å². The summed E-state index contributed by atoms with van der Waals surface area (Å²) < 4.78 is 1.60. The number of hydrogen-bond acceptors (Lipinski definition) is 3. The van der Waals surface area contributed by atoms with Crippen LogP contribution in [0.5, 0.6) is 0 Å². The Bertz CT molecular complexity index is 751. The molecular weight excluding hydrogens is 306 g/mol. The van der Waals surface area contributed by atoms with Crippen LogP contribution >= 0.6 is 0 Å². The van der Waals surface area contributed by atoms with Gasteiger partial charge in [-0.1, -0.05) is 6.07 Å². The van der Waals surface area contributed by atoms with Gasteiger partial charge >= 0.3 is 6.03 Å². The number of urea groups is 1. The normalized spacial score (nSPS) is 10.6. The van der Waals surface area contributed by atoms with E-state index in [0.717, 1.165) is 5.56 Å². The smallest absolute Gasteiger partial charge is 0.324 e. The van der Waals surface area contributed by atoms with Crippen LogP contribution in [0.2, 0.25) is 0 Å². The van der Waals surface area contributed by atoms with Gasteiger partial charge in [-0.25, -0.2) is 4.79 Å². The Morgan fingerprint density at radius 1 is 1.21 bits per heavy atom. The lowest BCUT2D eigenvalue weighted by molar-refractivity contribution is 0.0754. The fourth-order valence-electron chi connectivity index (χ4n) is 2.12. The Hall–Kier alpha value is -2.83. The first kappa shape index (κ1) is 17.5. The predicted octanol–water partition coefficient (Wildman–Crippen LogP) is 2.85. The Morgan fingerprint density at radius 2 is 1.92 bits per heavy atom. The number of nitrogens with one attached hydrogen (secondary N) is 2. The van der Waals surface area contributed by atoms with Crippen molar-refractivity contribution in [3.05, 3.63) is 41.6 Å². The van der Waals surface area contributed by atoms with Crippen molar-refractivity contribution in [2.45, 2.75) is 26.8 Å². The molecule has 0 spiro atoms. The third-order valence-electron chi connectivity index (χ3n) is 3.78. The molecule has 7 heteroatoms. The minimum atomic E-state index is -0.409. The molecule has 3 amide bonds. The molecule has 2 aromatic rings. The minimum Gasteiger partial charge on any atom is -0.339 e. The fraction of sp³-hybridized carbons (Fsp3) is 0.353. The highest BCUT2D eigenvalue weighted by atomic mass is 16.2. The Labute approximate surface area is 141 Å². The van der Waals surface area contributed by atoms with Gasteiger partial charge in [0.25, 0.3) is 5.91 Å². The van der Waals surface area contributed by atoms with Gasteiger partial charge in [-0.15, -0.1) is 0 Å². The second-order valence-corrected chi connectivity index (χ2v) is 5.99. The second-order valence-electron chi connectivity index (χ2n) is 5.99. The van der Waals surface area contributed by atoms with Crippen molar-refractivity contribution in [3.63, 3.8) is 0 Å². The molecule has 0 aliphatic heterocycles. The van der Waals surface area contributed by atoms with E-state index in [0.29, 0.717) is 17.1 Å². The van der Waals surface area contributed by atoms with Gasteiger partial charge in [-0.05, 0) is 38.5 Å². The van der Waals surface area contributed by atoms with Gasteiger partial charge in [0.1, 0.15) is 0 Å². The van der Waals surface area contributed by atoms with Crippen LogP contribution < -0.4 is 10.6 Å². The van der Waals surface area contributed by atoms with E-state index < -0.39 is 6.03 Å². The Balaban J connectivity index is 2.12. The topological polar surface area (TPSA) is 79.3 Å². The van der Waals surface area contributed by atoms with Crippen LogP contribution in [-0.4, -0.2) is 39.7 Å². The maximum Gasteiger partial charge on any atom is 0.324 e.